The molecule has 0 unspecified atom stereocenters. The molecule has 4 atom stereocenters. The standard InChI is InChI=1S/C12H15N5O6/c13-1-6(18)22-2-5-8(19)9(20)12(23-5)17-4-16-7-10(17)14-3-15-11(7)21/h3-5,8-9,12,19-20H,1-2,13H2,(H,14,15,21)/t5-,8-,9-,12-/m1/s1. The highest BCUT2D eigenvalue weighted by Crippen LogP contribution is 2.32. The molecule has 0 radical (unpaired) electrons. The summed E-state index contributed by atoms with van der Waals surface area (Å²) in [6.07, 6.45) is -2.09. The number of esters is 1. The van der Waals surface area contributed by atoms with Crippen molar-refractivity contribution in [3.63, 3.8) is 0 Å². The van der Waals surface area contributed by atoms with Crippen molar-refractivity contribution in [1.29, 1.82) is 0 Å². The van der Waals surface area contributed by atoms with Crippen molar-refractivity contribution in [2.75, 3.05) is 13.2 Å². The number of aliphatic hydroxyl groups is 2. The van der Waals surface area contributed by atoms with Crippen LogP contribution in [0.4, 0.5) is 0 Å². The summed E-state index contributed by atoms with van der Waals surface area (Å²) < 4.78 is 11.7. The van der Waals surface area contributed by atoms with Crippen molar-refractivity contribution < 1.29 is 29.6 Å². The molecule has 2 aromatic rings. The molecule has 0 saturated carbocycles. The number of nitrogens with two attached hydrogens (primary N) is 1. The molecule has 11 heteroatoms. The molecule has 1 aliphatic heterocycles. The van der Waals surface area contributed by atoms with Gasteiger partial charge in [-0.2, -0.15) is 4.98 Å². The number of imidazole rings is 1. The van der Waals surface area contributed by atoms with Crippen LogP contribution in [0.1, 0.15) is 6.23 Å². The largest absolute Gasteiger partial charge is 0.492 e. The van der Waals surface area contributed by atoms with E-state index >= 15 is 0 Å². The molecular formula is C12H15N5O6. The first-order chi connectivity index (χ1) is 11.0. The summed E-state index contributed by atoms with van der Waals surface area (Å²) in [4.78, 5) is 22.6. The Morgan fingerprint density at radius 3 is 2.87 bits per heavy atom. The quantitative estimate of drug-likeness (QED) is 0.447. The smallest absolute Gasteiger partial charge is 0.319 e. The fraction of sp³-hybridized carbons (Fsp3) is 0.500. The minimum absolute atomic E-state index is 0.135. The van der Waals surface area contributed by atoms with Gasteiger partial charge in [0.25, 0.3) is 0 Å². The molecule has 5 N–H and O–H groups in total. The van der Waals surface area contributed by atoms with Crippen molar-refractivity contribution in [1.82, 2.24) is 19.5 Å². The first-order valence-corrected chi connectivity index (χ1v) is 6.76. The molecule has 0 aliphatic carbocycles. The molecule has 3 rings (SSSR count). The molecule has 1 saturated heterocycles. The SMILES string of the molecule is NCC(=O)OC[C@H]1O[C@@H](n2cnc3c(O)ncnc32)[C@H](O)[C@@H]1O. The number of nitrogens with zero attached hydrogens (tertiary/aromatic N) is 4. The summed E-state index contributed by atoms with van der Waals surface area (Å²) in [5.74, 6) is -0.959. The molecule has 0 bridgehead atoms. The second-order valence-electron chi connectivity index (χ2n) is 4.95. The highest BCUT2D eigenvalue weighted by molar-refractivity contribution is 5.75. The van der Waals surface area contributed by atoms with E-state index in [-0.39, 0.29) is 30.2 Å². The molecule has 23 heavy (non-hydrogen) atoms. The Bertz CT molecular complexity index is 721. The monoisotopic (exact) mass is 325 g/mol. The topological polar surface area (TPSA) is 166 Å². The second kappa shape index (κ2) is 6.04. The lowest BCUT2D eigenvalue weighted by Crippen LogP contribution is -2.35. The van der Waals surface area contributed by atoms with Crippen LogP contribution in [0.5, 0.6) is 5.88 Å². The fourth-order valence-electron chi connectivity index (χ4n) is 2.36. The van der Waals surface area contributed by atoms with Crippen molar-refractivity contribution in [3.05, 3.63) is 12.7 Å². The molecule has 1 fully saturated rings. The number of hydrogen-bond acceptors (Lipinski definition) is 10. The zero-order valence-corrected chi connectivity index (χ0v) is 11.8. The van der Waals surface area contributed by atoms with Crippen LogP contribution in [0.15, 0.2) is 12.7 Å². The van der Waals surface area contributed by atoms with E-state index < -0.39 is 30.5 Å². The van der Waals surface area contributed by atoms with Gasteiger partial charge in [-0.3, -0.25) is 9.36 Å². The number of carbonyl (C=O) groups excluding carboxylic acids is 1. The lowest BCUT2D eigenvalue weighted by molar-refractivity contribution is -0.148. The molecule has 0 aromatic carbocycles. The Morgan fingerprint density at radius 2 is 2.13 bits per heavy atom. The van der Waals surface area contributed by atoms with E-state index in [2.05, 4.69) is 15.0 Å². The van der Waals surface area contributed by atoms with Gasteiger partial charge in [0.2, 0.25) is 5.88 Å². The zero-order chi connectivity index (χ0) is 16.6. The van der Waals surface area contributed by atoms with E-state index in [9.17, 15) is 20.1 Å². The second-order valence-corrected chi connectivity index (χ2v) is 4.95. The summed E-state index contributed by atoms with van der Waals surface area (Å²) >= 11 is 0. The molecule has 124 valence electrons. The highest BCUT2D eigenvalue weighted by atomic mass is 16.6. The van der Waals surface area contributed by atoms with Crippen molar-refractivity contribution in [2.24, 2.45) is 5.73 Å². The Labute approximate surface area is 129 Å². The first-order valence-electron chi connectivity index (χ1n) is 6.76. The van der Waals surface area contributed by atoms with Gasteiger partial charge in [0.05, 0.1) is 12.9 Å². The third kappa shape index (κ3) is 2.70. The summed E-state index contributed by atoms with van der Waals surface area (Å²) in [6, 6.07) is 0. The maximum Gasteiger partial charge on any atom is 0.319 e. The Hall–Kier alpha value is -2.34. The van der Waals surface area contributed by atoms with Crippen LogP contribution in [0.3, 0.4) is 0 Å². The van der Waals surface area contributed by atoms with Gasteiger partial charge < -0.3 is 30.5 Å². The third-order valence-corrected chi connectivity index (χ3v) is 3.53. The maximum atomic E-state index is 11.1. The average molecular weight is 325 g/mol. The van der Waals surface area contributed by atoms with Gasteiger partial charge in [-0.05, 0) is 0 Å². The lowest BCUT2D eigenvalue weighted by Gasteiger charge is -2.16. The summed E-state index contributed by atoms with van der Waals surface area (Å²) in [7, 11) is 0. The first kappa shape index (κ1) is 15.6. The number of hydrogen-bond donors (Lipinski definition) is 4. The molecular weight excluding hydrogens is 310 g/mol. The normalized spacial score (nSPS) is 27.4. The minimum Gasteiger partial charge on any atom is -0.492 e. The van der Waals surface area contributed by atoms with Crippen LogP contribution in [-0.4, -0.2) is 72.3 Å². The van der Waals surface area contributed by atoms with Crippen LogP contribution >= 0.6 is 0 Å². The number of aromatic hydroxyl groups is 1. The number of aliphatic hydroxyl groups excluding tert-OH is 2. The van der Waals surface area contributed by atoms with Gasteiger partial charge in [0.15, 0.2) is 17.4 Å². The van der Waals surface area contributed by atoms with Crippen molar-refractivity contribution in [2.45, 2.75) is 24.5 Å². The number of carbonyl (C=O) groups is 1. The number of rotatable bonds is 4. The van der Waals surface area contributed by atoms with Gasteiger partial charge in [-0.15, -0.1) is 0 Å². The van der Waals surface area contributed by atoms with E-state index in [1.54, 1.807) is 0 Å². The number of fused-ring (bicyclic) bond motifs is 1. The van der Waals surface area contributed by atoms with Crippen LogP contribution in [-0.2, 0) is 14.3 Å². The number of ether oxygens (including phenoxy) is 2. The number of aromatic nitrogens is 4. The highest BCUT2D eigenvalue weighted by Gasteiger charge is 2.44. The predicted molar refractivity (Wildman–Crippen MR) is 72.9 cm³/mol. The molecule has 1 aliphatic rings. The predicted octanol–water partition coefficient (Wildman–Crippen LogP) is -2.35. The van der Waals surface area contributed by atoms with Gasteiger partial charge in [0.1, 0.15) is 31.2 Å². The fourth-order valence-corrected chi connectivity index (χ4v) is 2.36. The summed E-state index contributed by atoms with van der Waals surface area (Å²) in [5, 5.41) is 29.8. The van der Waals surface area contributed by atoms with Crippen molar-refractivity contribution >= 4 is 17.1 Å². The zero-order valence-electron chi connectivity index (χ0n) is 11.8. The Morgan fingerprint density at radius 1 is 1.35 bits per heavy atom. The van der Waals surface area contributed by atoms with Gasteiger partial charge in [-0.25, -0.2) is 9.97 Å². The molecule has 0 spiro atoms. The van der Waals surface area contributed by atoms with Crippen LogP contribution in [0, 0.1) is 0 Å². The Kier molecular flexibility index (Phi) is 4.09. The summed E-state index contributed by atoms with van der Waals surface area (Å²) in [6.45, 7) is -0.547. The third-order valence-electron chi connectivity index (χ3n) is 3.53. The Balaban J connectivity index is 1.82. The molecule has 2 aromatic heterocycles. The van der Waals surface area contributed by atoms with Gasteiger partial charge in [-0.1, -0.05) is 0 Å². The van der Waals surface area contributed by atoms with Crippen LogP contribution in [0.25, 0.3) is 11.2 Å². The maximum absolute atomic E-state index is 11.1. The van der Waals surface area contributed by atoms with E-state index in [0.29, 0.717) is 0 Å². The summed E-state index contributed by atoms with van der Waals surface area (Å²) in [5.41, 5.74) is 5.49. The van der Waals surface area contributed by atoms with Crippen LogP contribution in [0.2, 0.25) is 0 Å². The lowest BCUT2D eigenvalue weighted by atomic mass is 10.1. The molecule has 11 nitrogen and oxygen atoms in total. The van der Waals surface area contributed by atoms with Crippen molar-refractivity contribution in [3.8, 4) is 5.88 Å². The van der Waals surface area contributed by atoms with E-state index in [1.807, 2.05) is 0 Å². The van der Waals surface area contributed by atoms with E-state index in [4.69, 9.17) is 15.2 Å². The minimum atomic E-state index is -1.30. The molecule has 3 heterocycles. The van der Waals surface area contributed by atoms with Crippen LogP contribution < -0.4 is 5.73 Å². The molecule has 0 amide bonds. The van der Waals surface area contributed by atoms with E-state index in [0.717, 1.165) is 6.33 Å². The van der Waals surface area contributed by atoms with E-state index in [1.165, 1.54) is 10.9 Å². The average Bonchev–Trinajstić information content (AvgIpc) is 3.09. The van der Waals surface area contributed by atoms with Gasteiger partial charge >= 0.3 is 5.97 Å². The van der Waals surface area contributed by atoms with Gasteiger partial charge in [0, 0.05) is 0 Å².